The second-order valence-corrected chi connectivity index (χ2v) is 6.86. The minimum Gasteiger partial charge on any atom is -0.271 e. The maximum atomic E-state index is 6.07. The molecule has 1 unspecified atom stereocenters. The number of nitrogens with two attached hydrogens (primary N) is 1. The highest BCUT2D eigenvalue weighted by Gasteiger charge is 2.46. The highest BCUT2D eigenvalue weighted by Crippen LogP contribution is 2.52. The van der Waals surface area contributed by atoms with E-state index in [-0.39, 0.29) is 11.5 Å². The lowest BCUT2D eigenvalue weighted by atomic mass is 9.60. The van der Waals surface area contributed by atoms with E-state index >= 15 is 0 Å². The third-order valence-corrected chi connectivity index (χ3v) is 5.49. The van der Waals surface area contributed by atoms with Crippen molar-refractivity contribution in [3.63, 3.8) is 0 Å². The minimum atomic E-state index is 0.115. The van der Waals surface area contributed by atoms with Crippen LogP contribution in [0.25, 0.3) is 0 Å². The molecular formula is C15H17ClN2S. The van der Waals surface area contributed by atoms with Gasteiger partial charge in [0.2, 0.25) is 0 Å². The van der Waals surface area contributed by atoms with Crippen molar-refractivity contribution in [2.24, 2.45) is 5.84 Å². The van der Waals surface area contributed by atoms with Crippen molar-refractivity contribution >= 4 is 22.9 Å². The summed E-state index contributed by atoms with van der Waals surface area (Å²) in [6.45, 7) is 0. The van der Waals surface area contributed by atoms with E-state index in [1.54, 1.807) is 11.3 Å². The summed E-state index contributed by atoms with van der Waals surface area (Å²) in [4.78, 5) is 1.22. The predicted molar refractivity (Wildman–Crippen MR) is 81.4 cm³/mol. The fourth-order valence-electron chi connectivity index (χ4n) is 3.07. The number of nitrogens with one attached hydrogen (secondary N) is 1. The van der Waals surface area contributed by atoms with Crippen molar-refractivity contribution in [1.82, 2.24) is 5.43 Å². The van der Waals surface area contributed by atoms with Crippen LogP contribution in [-0.2, 0) is 5.41 Å². The lowest BCUT2D eigenvalue weighted by Crippen LogP contribution is -2.48. The average molecular weight is 293 g/mol. The first-order valence-corrected chi connectivity index (χ1v) is 7.72. The molecular weight excluding hydrogens is 276 g/mol. The van der Waals surface area contributed by atoms with Crippen molar-refractivity contribution in [3.05, 3.63) is 57.2 Å². The van der Waals surface area contributed by atoms with Gasteiger partial charge in [0.15, 0.2) is 0 Å². The van der Waals surface area contributed by atoms with Crippen molar-refractivity contribution in [2.75, 3.05) is 0 Å². The Morgan fingerprint density at radius 2 is 1.89 bits per heavy atom. The largest absolute Gasteiger partial charge is 0.271 e. The third-order valence-electron chi connectivity index (χ3n) is 4.19. The fraction of sp³-hybridized carbons (Fsp3) is 0.333. The highest BCUT2D eigenvalue weighted by molar-refractivity contribution is 7.16. The first kappa shape index (κ1) is 13.1. The topological polar surface area (TPSA) is 38.0 Å². The van der Waals surface area contributed by atoms with Crippen molar-refractivity contribution in [2.45, 2.75) is 30.7 Å². The first-order valence-electron chi connectivity index (χ1n) is 6.53. The number of hydrogen-bond donors (Lipinski definition) is 2. The smallest absolute Gasteiger partial charge is 0.0931 e. The van der Waals surface area contributed by atoms with E-state index in [2.05, 4.69) is 41.8 Å². The molecule has 0 radical (unpaired) electrons. The van der Waals surface area contributed by atoms with Crippen LogP contribution in [-0.4, -0.2) is 0 Å². The zero-order chi connectivity index (χ0) is 13.3. The molecule has 2 aromatic rings. The van der Waals surface area contributed by atoms with Gasteiger partial charge in [-0.15, -0.1) is 11.3 Å². The molecule has 1 aromatic carbocycles. The minimum absolute atomic E-state index is 0.115. The lowest BCUT2D eigenvalue weighted by molar-refractivity contribution is 0.172. The van der Waals surface area contributed by atoms with Gasteiger partial charge in [-0.25, -0.2) is 0 Å². The molecule has 0 saturated heterocycles. The van der Waals surface area contributed by atoms with Crippen LogP contribution in [0.4, 0.5) is 0 Å². The maximum Gasteiger partial charge on any atom is 0.0931 e. The van der Waals surface area contributed by atoms with Crippen LogP contribution in [0.1, 0.15) is 35.7 Å². The van der Waals surface area contributed by atoms with Gasteiger partial charge in [-0.05, 0) is 30.5 Å². The molecule has 0 amide bonds. The van der Waals surface area contributed by atoms with Gasteiger partial charge < -0.3 is 0 Å². The van der Waals surface area contributed by atoms with Gasteiger partial charge in [-0.2, -0.15) is 0 Å². The van der Waals surface area contributed by atoms with E-state index in [1.165, 1.54) is 29.7 Å². The van der Waals surface area contributed by atoms with Gasteiger partial charge in [0.25, 0.3) is 0 Å². The second kappa shape index (κ2) is 5.25. The average Bonchev–Trinajstić information content (AvgIpc) is 2.81. The summed E-state index contributed by atoms with van der Waals surface area (Å²) < 4.78 is 0.817. The molecule has 3 N–H and O–H groups in total. The van der Waals surface area contributed by atoms with E-state index in [4.69, 9.17) is 17.4 Å². The number of hydrogen-bond acceptors (Lipinski definition) is 3. The van der Waals surface area contributed by atoms with Crippen LogP contribution >= 0.6 is 22.9 Å². The van der Waals surface area contributed by atoms with Crippen LogP contribution < -0.4 is 11.3 Å². The monoisotopic (exact) mass is 292 g/mol. The molecule has 1 aliphatic rings. The Morgan fingerprint density at radius 3 is 2.37 bits per heavy atom. The molecule has 1 saturated carbocycles. The van der Waals surface area contributed by atoms with E-state index in [1.807, 2.05) is 6.07 Å². The zero-order valence-corrected chi connectivity index (χ0v) is 12.2. The van der Waals surface area contributed by atoms with Crippen molar-refractivity contribution in [3.8, 4) is 0 Å². The standard InChI is InChI=1S/C15H17ClN2S/c16-13-8-7-12(19-13)14(18-17)15(9-4-10-15)11-5-2-1-3-6-11/h1-3,5-8,14,18H,4,9-10,17H2. The third kappa shape index (κ3) is 2.21. The van der Waals surface area contributed by atoms with Gasteiger partial charge in [-0.1, -0.05) is 48.4 Å². The van der Waals surface area contributed by atoms with Crippen LogP contribution in [0.15, 0.2) is 42.5 Å². The Morgan fingerprint density at radius 1 is 1.16 bits per heavy atom. The molecule has 1 atom stereocenters. The molecule has 0 aliphatic heterocycles. The van der Waals surface area contributed by atoms with E-state index in [0.29, 0.717) is 0 Å². The summed E-state index contributed by atoms with van der Waals surface area (Å²) in [5, 5.41) is 0. The molecule has 1 aliphatic carbocycles. The predicted octanol–water partition coefficient (Wildman–Crippen LogP) is 4.03. The molecule has 1 heterocycles. The van der Waals surface area contributed by atoms with Crippen molar-refractivity contribution in [1.29, 1.82) is 0 Å². The van der Waals surface area contributed by atoms with E-state index in [9.17, 15) is 0 Å². The number of halogens is 1. The maximum absolute atomic E-state index is 6.07. The molecule has 0 spiro atoms. The fourth-order valence-corrected chi connectivity index (χ4v) is 4.31. The molecule has 100 valence electrons. The summed E-state index contributed by atoms with van der Waals surface area (Å²) in [7, 11) is 0. The first-order chi connectivity index (χ1) is 9.26. The van der Waals surface area contributed by atoms with Gasteiger partial charge in [0, 0.05) is 10.3 Å². The number of benzene rings is 1. The Balaban J connectivity index is 2.01. The van der Waals surface area contributed by atoms with Gasteiger partial charge >= 0.3 is 0 Å². The van der Waals surface area contributed by atoms with Crippen LogP contribution in [0.3, 0.4) is 0 Å². The van der Waals surface area contributed by atoms with Crippen LogP contribution in [0, 0.1) is 0 Å². The van der Waals surface area contributed by atoms with Crippen molar-refractivity contribution < 1.29 is 0 Å². The van der Waals surface area contributed by atoms with Crippen LogP contribution in [0.5, 0.6) is 0 Å². The second-order valence-electron chi connectivity index (χ2n) is 5.12. The summed E-state index contributed by atoms with van der Waals surface area (Å²) in [6, 6.07) is 14.8. The lowest BCUT2D eigenvalue weighted by Gasteiger charge is -2.47. The zero-order valence-electron chi connectivity index (χ0n) is 10.6. The molecule has 1 aromatic heterocycles. The quantitative estimate of drug-likeness (QED) is 0.659. The van der Waals surface area contributed by atoms with E-state index in [0.717, 1.165) is 4.34 Å². The Hall–Kier alpha value is -0.870. The summed E-state index contributed by atoms with van der Waals surface area (Å²) in [5.74, 6) is 5.86. The molecule has 2 nitrogen and oxygen atoms in total. The van der Waals surface area contributed by atoms with Gasteiger partial charge in [0.05, 0.1) is 10.4 Å². The molecule has 19 heavy (non-hydrogen) atoms. The summed E-state index contributed by atoms with van der Waals surface area (Å²) in [5.41, 5.74) is 4.51. The van der Waals surface area contributed by atoms with Crippen LogP contribution in [0.2, 0.25) is 4.34 Å². The SMILES string of the molecule is NNC(c1ccc(Cl)s1)C1(c2ccccc2)CCC1. The van der Waals surface area contributed by atoms with Gasteiger partial charge in [-0.3, -0.25) is 11.3 Å². The highest BCUT2D eigenvalue weighted by atomic mass is 35.5. The molecule has 0 bridgehead atoms. The number of rotatable bonds is 4. The Labute approximate surface area is 122 Å². The number of hydrazine groups is 1. The van der Waals surface area contributed by atoms with Gasteiger partial charge in [0.1, 0.15) is 0 Å². The Bertz CT molecular complexity index is 548. The van der Waals surface area contributed by atoms with E-state index < -0.39 is 0 Å². The molecule has 4 heteroatoms. The normalized spacial score (nSPS) is 18.8. The Kier molecular flexibility index (Phi) is 3.63. The molecule has 1 fully saturated rings. The molecule has 3 rings (SSSR count). The number of thiophene rings is 1. The summed E-state index contributed by atoms with van der Waals surface area (Å²) >= 11 is 7.68. The summed E-state index contributed by atoms with van der Waals surface area (Å²) in [6.07, 6.45) is 3.59.